The highest BCUT2D eigenvalue weighted by molar-refractivity contribution is 7.27. The summed E-state index contributed by atoms with van der Waals surface area (Å²) < 4.78 is 5.11. The van der Waals surface area contributed by atoms with Crippen LogP contribution in [-0.4, -0.2) is 15.0 Å². The summed E-state index contributed by atoms with van der Waals surface area (Å²) in [7, 11) is 0. The van der Waals surface area contributed by atoms with Gasteiger partial charge >= 0.3 is 0 Å². The van der Waals surface area contributed by atoms with E-state index in [1.54, 1.807) is 0 Å². The third-order valence-electron chi connectivity index (χ3n) is 10.6. The van der Waals surface area contributed by atoms with E-state index in [0.717, 1.165) is 22.3 Å². The fourth-order valence-electron chi connectivity index (χ4n) is 7.77. The second kappa shape index (κ2) is 13.5. The van der Waals surface area contributed by atoms with Crippen LogP contribution in [0.15, 0.2) is 188 Å². The fraction of sp³-hybridized carbons (Fsp3) is 0. The van der Waals surface area contributed by atoms with Gasteiger partial charge in [0.2, 0.25) is 0 Å². The van der Waals surface area contributed by atoms with Crippen LogP contribution in [0.25, 0.3) is 108 Å². The molecule has 8 aromatic carbocycles. The van der Waals surface area contributed by atoms with Gasteiger partial charge in [-0.2, -0.15) is 0 Å². The van der Waals surface area contributed by atoms with Crippen LogP contribution >= 0.6 is 22.7 Å². The Kier molecular flexibility index (Phi) is 7.87. The number of rotatable bonds is 6. The van der Waals surface area contributed by atoms with Crippen molar-refractivity contribution in [3.8, 4) is 67.5 Å². The maximum atomic E-state index is 5.10. The molecule has 3 aromatic heterocycles. The van der Waals surface area contributed by atoms with Crippen LogP contribution in [-0.2, 0) is 0 Å². The molecule has 0 bridgehead atoms. The SMILES string of the molecule is c1ccc(-c2ccc(-c3nc(-c4ccccc4)nc(-c4ccc5c(c4)sc4c(-c6cc(-c7ccccc7)cc7c6sc6ccccc67)cccc45)n3)cc2)cc1. The van der Waals surface area contributed by atoms with Gasteiger partial charge in [-0.25, -0.2) is 15.0 Å². The summed E-state index contributed by atoms with van der Waals surface area (Å²) in [6, 6.07) is 66.8. The number of aromatic nitrogens is 3. The van der Waals surface area contributed by atoms with Crippen LogP contribution in [0, 0.1) is 0 Å². The van der Waals surface area contributed by atoms with E-state index in [2.05, 4.69) is 164 Å². The van der Waals surface area contributed by atoms with Gasteiger partial charge in [0.1, 0.15) is 0 Å². The molecule has 0 aliphatic heterocycles. The summed E-state index contributed by atoms with van der Waals surface area (Å²) in [4.78, 5) is 15.2. The van der Waals surface area contributed by atoms with Crippen molar-refractivity contribution in [3.05, 3.63) is 188 Å². The van der Waals surface area contributed by atoms with Crippen molar-refractivity contribution in [3.63, 3.8) is 0 Å². The highest BCUT2D eigenvalue weighted by atomic mass is 32.1. The van der Waals surface area contributed by atoms with Crippen LogP contribution < -0.4 is 0 Å². The number of hydrogen-bond donors (Lipinski definition) is 0. The van der Waals surface area contributed by atoms with Crippen LogP contribution in [0.4, 0.5) is 0 Å². The number of nitrogens with zero attached hydrogens (tertiary/aromatic N) is 3. The molecule has 0 saturated carbocycles. The molecule has 0 unspecified atom stereocenters. The van der Waals surface area contributed by atoms with Crippen molar-refractivity contribution in [1.29, 1.82) is 0 Å². The van der Waals surface area contributed by atoms with E-state index < -0.39 is 0 Å². The largest absolute Gasteiger partial charge is 0.208 e. The quantitative estimate of drug-likeness (QED) is 0.170. The summed E-state index contributed by atoms with van der Waals surface area (Å²) >= 11 is 3.73. The molecule has 0 radical (unpaired) electrons. The van der Waals surface area contributed by atoms with Gasteiger partial charge in [0, 0.05) is 68.2 Å². The highest BCUT2D eigenvalue weighted by Crippen LogP contribution is 2.47. The first-order valence-electron chi connectivity index (χ1n) is 18.7. The van der Waals surface area contributed by atoms with Crippen molar-refractivity contribution >= 4 is 63.0 Å². The van der Waals surface area contributed by atoms with Crippen LogP contribution in [0.3, 0.4) is 0 Å². The first-order valence-corrected chi connectivity index (χ1v) is 20.3. The Morgan fingerprint density at radius 2 is 0.750 bits per heavy atom. The van der Waals surface area contributed by atoms with Gasteiger partial charge in [-0.1, -0.05) is 164 Å². The molecule has 0 aliphatic carbocycles. The molecule has 11 aromatic rings. The Balaban J connectivity index is 1.06. The molecule has 0 spiro atoms. The molecule has 0 N–H and O–H groups in total. The predicted octanol–water partition coefficient (Wildman–Crippen LogP) is 14.6. The summed E-state index contributed by atoms with van der Waals surface area (Å²) in [6.45, 7) is 0. The van der Waals surface area contributed by atoms with Gasteiger partial charge < -0.3 is 0 Å². The van der Waals surface area contributed by atoms with E-state index in [9.17, 15) is 0 Å². The number of benzene rings is 8. The minimum Gasteiger partial charge on any atom is -0.208 e. The molecule has 262 valence electrons. The van der Waals surface area contributed by atoms with Gasteiger partial charge in [0.05, 0.1) is 0 Å². The van der Waals surface area contributed by atoms with Crippen molar-refractivity contribution < 1.29 is 0 Å². The minimum atomic E-state index is 0.651. The zero-order valence-corrected chi connectivity index (χ0v) is 31.7. The fourth-order valence-corrected chi connectivity index (χ4v) is 10.2. The Bertz CT molecular complexity index is 3220. The molecular formula is C51H31N3S2. The van der Waals surface area contributed by atoms with E-state index >= 15 is 0 Å². The number of hydrogen-bond acceptors (Lipinski definition) is 5. The van der Waals surface area contributed by atoms with Crippen LogP contribution in [0.1, 0.15) is 0 Å². The Labute approximate surface area is 331 Å². The molecule has 0 aliphatic rings. The molecule has 3 heterocycles. The predicted molar refractivity (Wildman–Crippen MR) is 238 cm³/mol. The summed E-state index contributed by atoms with van der Waals surface area (Å²) in [5, 5.41) is 5.10. The average Bonchev–Trinajstić information content (AvgIpc) is 3.85. The lowest BCUT2D eigenvalue weighted by atomic mass is 9.95. The summed E-state index contributed by atoms with van der Waals surface area (Å²) in [6.07, 6.45) is 0. The molecule has 0 saturated heterocycles. The maximum absolute atomic E-state index is 5.10. The summed E-state index contributed by atoms with van der Waals surface area (Å²) in [5.74, 6) is 1.96. The van der Waals surface area contributed by atoms with Crippen LogP contribution in [0.2, 0.25) is 0 Å². The monoisotopic (exact) mass is 749 g/mol. The van der Waals surface area contributed by atoms with E-state index in [-0.39, 0.29) is 0 Å². The zero-order chi connectivity index (χ0) is 37.0. The first-order chi connectivity index (χ1) is 27.7. The molecule has 0 fully saturated rings. The Hall–Kier alpha value is -6.79. The lowest BCUT2D eigenvalue weighted by Crippen LogP contribution is -2.00. The van der Waals surface area contributed by atoms with E-state index in [1.165, 1.54) is 68.2 Å². The Morgan fingerprint density at radius 3 is 1.46 bits per heavy atom. The highest BCUT2D eigenvalue weighted by Gasteiger charge is 2.19. The molecule has 0 amide bonds. The lowest BCUT2D eigenvalue weighted by molar-refractivity contribution is 1.07. The molecular weight excluding hydrogens is 719 g/mol. The van der Waals surface area contributed by atoms with E-state index in [1.807, 2.05) is 46.9 Å². The molecule has 56 heavy (non-hydrogen) atoms. The smallest absolute Gasteiger partial charge is 0.164 e. The van der Waals surface area contributed by atoms with Crippen LogP contribution in [0.5, 0.6) is 0 Å². The zero-order valence-electron chi connectivity index (χ0n) is 30.1. The summed E-state index contributed by atoms with van der Waals surface area (Å²) in [5.41, 5.74) is 10.2. The van der Waals surface area contributed by atoms with Gasteiger partial charge in [0.15, 0.2) is 17.5 Å². The van der Waals surface area contributed by atoms with Gasteiger partial charge in [-0.3, -0.25) is 0 Å². The number of thiophene rings is 2. The van der Waals surface area contributed by atoms with Crippen molar-refractivity contribution in [1.82, 2.24) is 15.0 Å². The first kappa shape index (κ1) is 32.6. The Morgan fingerprint density at radius 1 is 0.268 bits per heavy atom. The third kappa shape index (κ3) is 5.68. The van der Waals surface area contributed by atoms with E-state index in [0.29, 0.717) is 17.5 Å². The van der Waals surface area contributed by atoms with Gasteiger partial charge in [0.25, 0.3) is 0 Å². The maximum Gasteiger partial charge on any atom is 0.164 e. The van der Waals surface area contributed by atoms with Gasteiger partial charge in [-0.15, -0.1) is 22.7 Å². The standard InChI is InChI=1S/C51H31N3S2/c1-4-13-32(14-5-1)34-23-25-36(26-24-34)50-52-49(35-17-8-3-9-18-35)53-51(54-50)37-27-28-40-41-20-12-21-42(47(41)56-46(40)31-37)44-30-38(33-15-6-2-7-16-33)29-43-39-19-10-11-22-45(39)55-48(43)44/h1-31H. The van der Waals surface area contributed by atoms with Crippen molar-refractivity contribution in [2.45, 2.75) is 0 Å². The molecule has 3 nitrogen and oxygen atoms in total. The van der Waals surface area contributed by atoms with Crippen molar-refractivity contribution in [2.24, 2.45) is 0 Å². The second-order valence-corrected chi connectivity index (χ2v) is 16.1. The second-order valence-electron chi connectivity index (χ2n) is 14.0. The molecule has 0 atom stereocenters. The molecule has 11 rings (SSSR count). The normalized spacial score (nSPS) is 11.6. The van der Waals surface area contributed by atoms with Gasteiger partial charge in [-0.05, 0) is 46.5 Å². The topological polar surface area (TPSA) is 38.7 Å². The third-order valence-corrected chi connectivity index (χ3v) is 13.0. The average molecular weight is 750 g/mol. The number of fused-ring (bicyclic) bond motifs is 6. The minimum absolute atomic E-state index is 0.651. The lowest BCUT2D eigenvalue weighted by Gasteiger charge is -2.10. The molecule has 5 heteroatoms. The van der Waals surface area contributed by atoms with E-state index in [4.69, 9.17) is 15.0 Å². The van der Waals surface area contributed by atoms with Crippen molar-refractivity contribution in [2.75, 3.05) is 0 Å².